The summed E-state index contributed by atoms with van der Waals surface area (Å²) in [6.07, 6.45) is 1.90. The Bertz CT molecular complexity index is 450. The average molecular weight is 231 g/mol. The van der Waals surface area contributed by atoms with Gasteiger partial charge in [0.05, 0.1) is 9.92 Å². The third-order valence-electron chi connectivity index (χ3n) is 1.84. The van der Waals surface area contributed by atoms with Gasteiger partial charge < -0.3 is 5.11 Å². The highest BCUT2D eigenvalue weighted by Gasteiger charge is 2.10. The van der Waals surface area contributed by atoms with Crippen LogP contribution in [0.1, 0.15) is 0 Å². The van der Waals surface area contributed by atoms with Crippen LogP contribution in [-0.2, 0) is 0 Å². The number of hydrogen-bond acceptors (Lipinski definition) is 3. The minimum Gasteiger partial charge on any atom is -0.507 e. The van der Waals surface area contributed by atoms with Gasteiger partial charge in [-0.2, -0.15) is 0 Å². The normalized spacial score (nSPS) is 10.9. The third kappa shape index (κ3) is 1.41. The third-order valence-corrected chi connectivity index (χ3v) is 4.03. The number of thiophene rings is 1. The zero-order valence-corrected chi connectivity index (χ0v) is 9.26. The van der Waals surface area contributed by atoms with Crippen LogP contribution < -0.4 is 0 Å². The Hall–Kier alpha value is -0.380. The zero-order valence-electron chi connectivity index (χ0n) is 6.87. The van der Waals surface area contributed by atoms with Gasteiger partial charge in [-0.1, -0.05) is 11.6 Å². The van der Waals surface area contributed by atoms with Gasteiger partial charge in [0.2, 0.25) is 0 Å². The monoisotopic (exact) mass is 230 g/mol. The molecule has 0 aliphatic rings. The molecular weight excluding hydrogens is 224 g/mol. The van der Waals surface area contributed by atoms with E-state index >= 15 is 0 Å². The van der Waals surface area contributed by atoms with Gasteiger partial charge in [-0.3, -0.25) is 0 Å². The number of benzene rings is 1. The van der Waals surface area contributed by atoms with Gasteiger partial charge in [0, 0.05) is 10.1 Å². The Kier molecular flexibility index (Phi) is 2.41. The summed E-state index contributed by atoms with van der Waals surface area (Å²) in [6.45, 7) is 0. The van der Waals surface area contributed by atoms with Crippen LogP contribution >= 0.6 is 34.7 Å². The Balaban J connectivity index is 2.85. The summed E-state index contributed by atoms with van der Waals surface area (Å²) < 4.78 is 1.03. The first-order chi connectivity index (χ1) is 6.24. The number of rotatable bonds is 1. The molecule has 0 saturated carbocycles. The quantitative estimate of drug-likeness (QED) is 0.748. The molecule has 1 N–H and O–H groups in total. The second-order valence-electron chi connectivity index (χ2n) is 2.58. The van der Waals surface area contributed by atoms with Gasteiger partial charge in [-0.15, -0.1) is 23.1 Å². The van der Waals surface area contributed by atoms with Crippen LogP contribution in [0.25, 0.3) is 10.1 Å². The van der Waals surface area contributed by atoms with Crippen molar-refractivity contribution in [3.8, 4) is 5.75 Å². The molecule has 0 fully saturated rings. The second kappa shape index (κ2) is 3.40. The summed E-state index contributed by atoms with van der Waals surface area (Å²) in [4.78, 5) is 0.757. The molecule has 4 heteroatoms. The van der Waals surface area contributed by atoms with E-state index in [1.165, 1.54) is 11.8 Å². The first-order valence-electron chi connectivity index (χ1n) is 3.66. The van der Waals surface area contributed by atoms with E-state index in [-0.39, 0.29) is 5.75 Å². The van der Waals surface area contributed by atoms with Crippen LogP contribution in [0.15, 0.2) is 22.4 Å². The maximum absolute atomic E-state index is 9.61. The number of phenols is 1. The van der Waals surface area contributed by atoms with Crippen LogP contribution in [0.3, 0.4) is 0 Å². The molecule has 0 radical (unpaired) electrons. The predicted octanol–water partition coefficient (Wildman–Crippen LogP) is 3.98. The van der Waals surface area contributed by atoms with E-state index in [1.807, 2.05) is 17.7 Å². The van der Waals surface area contributed by atoms with Crippen LogP contribution in [0.5, 0.6) is 5.75 Å². The molecule has 0 unspecified atom stereocenters. The van der Waals surface area contributed by atoms with Crippen molar-refractivity contribution in [2.24, 2.45) is 0 Å². The number of hydrogen-bond donors (Lipinski definition) is 1. The summed E-state index contributed by atoms with van der Waals surface area (Å²) in [5.41, 5.74) is 0. The molecular formula is C9H7ClOS2. The topological polar surface area (TPSA) is 20.2 Å². The van der Waals surface area contributed by atoms with E-state index in [1.54, 1.807) is 17.4 Å². The van der Waals surface area contributed by atoms with Gasteiger partial charge in [-0.25, -0.2) is 0 Å². The summed E-state index contributed by atoms with van der Waals surface area (Å²) in [5, 5.41) is 13.3. The van der Waals surface area contributed by atoms with E-state index in [9.17, 15) is 5.11 Å². The lowest BCUT2D eigenvalue weighted by molar-refractivity contribution is 0.464. The number of fused-ring (bicyclic) bond motifs is 1. The maximum Gasteiger partial charge on any atom is 0.132 e. The van der Waals surface area contributed by atoms with Crippen LogP contribution in [-0.4, -0.2) is 11.4 Å². The van der Waals surface area contributed by atoms with Crippen LogP contribution in [0, 0.1) is 0 Å². The molecule has 0 bridgehead atoms. The Labute approximate surface area is 89.3 Å². The molecule has 0 aliphatic carbocycles. The van der Waals surface area contributed by atoms with Gasteiger partial charge in [0.15, 0.2) is 0 Å². The molecule has 1 aromatic carbocycles. The van der Waals surface area contributed by atoms with Gasteiger partial charge in [-0.05, 0) is 23.8 Å². The number of aromatic hydroxyl groups is 1. The first kappa shape index (κ1) is 9.19. The van der Waals surface area contributed by atoms with Crippen molar-refractivity contribution in [1.82, 2.24) is 0 Å². The Morgan fingerprint density at radius 2 is 2.31 bits per heavy atom. The summed E-state index contributed by atoms with van der Waals surface area (Å²) >= 11 is 9.16. The van der Waals surface area contributed by atoms with Gasteiger partial charge in [0.25, 0.3) is 0 Å². The Morgan fingerprint density at radius 3 is 3.00 bits per heavy atom. The van der Waals surface area contributed by atoms with E-state index < -0.39 is 0 Å². The number of halogens is 1. The van der Waals surface area contributed by atoms with Crippen molar-refractivity contribution in [3.63, 3.8) is 0 Å². The van der Waals surface area contributed by atoms with Crippen molar-refractivity contribution < 1.29 is 5.11 Å². The number of phenolic OH excluding ortho intramolecular Hbond substituents is 1. The molecule has 2 rings (SSSR count). The van der Waals surface area contributed by atoms with Crippen molar-refractivity contribution in [1.29, 1.82) is 0 Å². The number of thioether (sulfide) groups is 1. The maximum atomic E-state index is 9.61. The summed E-state index contributed by atoms with van der Waals surface area (Å²) in [5.74, 6) is 0.271. The SMILES string of the molecule is CSc1c(O)cc2sccc2c1Cl. The lowest BCUT2D eigenvalue weighted by atomic mass is 10.2. The fourth-order valence-corrected chi connectivity index (χ4v) is 3.17. The second-order valence-corrected chi connectivity index (χ2v) is 4.72. The fourth-order valence-electron chi connectivity index (χ4n) is 1.23. The molecule has 68 valence electrons. The lowest BCUT2D eigenvalue weighted by Gasteiger charge is -2.04. The van der Waals surface area contributed by atoms with Crippen molar-refractivity contribution >= 4 is 44.8 Å². The fraction of sp³-hybridized carbons (Fsp3) is 0.111. The van der Waals surface area contributed by atoms with Crippen molar-refractivity contribution in [3.05, 3.63) is 22.5 Å². The average Bonchev–Trinajstić information content (AvgIpc) is 2.53. The first-order valence-corrected chi connectivity index (χ1v) is 6.15. The smallest absolute Gasteiger partial charge is 0.132 e. The molecule has 0 amide bonds. The molecule has 0 atom stereocenters. The molecule has 13 heavy (non-hydrogen) atoms. The molecule has 0 spiro atoms. The largest absolute Gasteiger partial charge is 0.507 e. The standard InChI is InChI=1S/C9H7ClOS2/c1-12-9-6(11)4-7-5(8(9)10)2-3-13-7/h2-4,11H,1H3. The van der Waals surface area contributed by atoms with Crippen molar-refractivity contribution in [2.75, 3.05) is 6.26 Å². The highest BCUT2D eigenvalue weighted by Crippen LogP contribution is 2.41. The van der Waals surface area contributed by atoms with E-state index in [2.05, 4.69) is 0 Å². The van der Waals surface area contributed by atoms with Crippen molar-refractivity contribution in [2.45, 2.75) is 4.90 Å². The molecule has 2 aromatic rings. The minimum absolute atomic E-state index is 0.271. The summed E-state index contributed by atoms with van der Waals surface area (Å²) in [6, 6.07) is 3.74. The van der Waals surface area contributed by atoms with E-state index in [0.29, 0.717) is 5.02 Å². The van der Waals surface area contributed by atoms with Crippen LogP contribution in [0.2, 0.25) is 5.02 Å². The lowest BCUT2D eigenvalue weighted by Crippen LogP contribution is -1.76. The molecule has 0 saturated heterocycles. The molecule has 1 heterocycles. The van der Waals surface area contributed by atoms with Crippen LogP contribution in [0.4, 0.5) is 0 Å². The van der Waals surface area contributed by atoms with Gasteiger partial charge >= 0.3 is 0 Å². The minimum atomic E-state index is 0.271. The molecule has 0 aliphatic heterocycles. The molecule has 1 nitrogen and oxygen atoms in total. The molecule has 1 aromatic heterocycles. The van der Waals surface area contributed by atoms with Gasteiger partial charge in [0.1, 0.15) is 5.75 Å². The Morgan fingerprint density at radius 1 is 1.54 bits per heavy atom. The predicted molar refractivity (Wildman–Crippen MR) is 60.3 cm³/mol. The van der Waals surface area contributed by atoms with E-state index in [4.69, 9.17) is 11.6 Å². The highest BCUT2D eigenvalue weighted by atomic mass is 35.5. The highest BCUT2D eigenvalue weighted by molar-refractivity contribution is 7.98. The zero-order chi connectivity index (χ0) is 9.42. The summed E-state index contributed by atoms with van der Waals surface area (Å²) in [7, 11) is 0. The van der Waals surface area contributed by atoms with E-state index in [0.717, 1.165) is 15.0 Å².